The molecule has 0 aromatic heterocycles. The Labute approximate surface area is 304 Å². The molecule has 2 heterocycles. The van der Waals surface area contributed by atoms with E-state index < -0.39 is 52.6 Å². The van der Waals surface area contributed by atoms with E-state index in [2.05, 4.69) is 5.43 Å². The van der Waals surface area contributed by atoms with Crippen LogP contribution in [-0.2, 0) is 31.1 Å². The molecule has 2 aliphatic heterocycles. The molecule has 0 unspecified atom stereocenters. The number of aliphatic hydroxyl groups is 1. The Morgan fingerprint density at radius 3 is 2.29 bits per heavy atom. The van der Waals surface area contributed by atoms with E-state index in [4.69, 9.17) is 16.3 Å². The van der Waals surface area contributed by atoms with Crippen LogP contribution in [0.4, 0.5) is 10.1 Å². The number of hydrogen-bond acceptors (Lipinski definition) is 7. The molecule has 4 amide bonds. The van der Waals surface area contributed by atoms with Crippen molar-refractivity contribution < 1.29 is 33.4 Å². The number of nitrogens with one attached hydrogen (secondary N) is 1. The van der Waals surface area contributed by atoms with Gasteiger partial charge >= 0.3 is 0 Å². The van der Waals surface area contributed by atoms with E-state index in [1.54, 1.807) is 36.4 Å². The number of nitrogens with zero attached hydrogens (tertiary/aromatic N) is 2. The molecular formula is C41H35ClFN3O6. The molecule has 2 saturated heterocycles. The number of para-hydroxylation sites is 1. The highest BCUT2D eigenvalue weighted by molar-refractivity contribution is 6.30. The first-order valence-corrected chi connectivity index (χ1v) is 17.7. The van der Waals surface area contributed by atoms with Crippen LogP contribution >= 0.6 is 11.6 Å². The third kappa shape index (κ3) is 5.31. The Morgan fingerprint density at radius 1 is 0.846 bits per heavy atom. The first-order chi connectivity index (χ1) is 25.2. The first kappa shape index (κ1) is 33.8. The Balaban J connectivity index is 1.31. The zero-order valence-electron chi connectivity index (χ0n) is 28.0. The Kier molecular flexibility index (Phi) is 8.67. The lowest BCUT2D eigenvalue weighted by Gasteiger charge is -2.50. The molecule has 11 heteroatoms. The first-order valence-electron chi connectivity index (χ1n) is 17.3. The lowest BCUT2D eigenvalue weighted by atomic mass is 9.49. The number of likely N-dealkylation sites (tertiary alicyclic amines) is 1. The Hall–Kier alpha value is -5.32. The van der Waals surface area contributed by atoms with Gasteiger partial charge in [-0.05, 0) is 72.4 Å². The van der Waals surface area contributed by atoms with Gasteiger partial charge in [0.1, 0.15) is 18.2 Å². The van der Waals surface area contributed by atoms with Gasteiger partial charge in [-0.2, -0.15) is 5.01 Å². The van der Waals surface area contributed by atoms with Crippen LogP contribution < -0.4 is 10.2 Å². The topological polar surface area (TPSA) is 116 Å². The van der Waals surface area contributed by atoms with Gasteiger partial charge in [-0.25, -0.2) is 4.39 Å². The predicted molar refractivity (Wildman–Crippen MR) is 190 cm³/mol. The number of benzene rings is 4. The van der Waals surface area contributed by atoms with Gasteiger partial charge in [0.15, 0.2) is 0 Å². The minimum absolute atomic E-state index is 0.0131. The largest absolute Gasteiger partial charge is 0.491 e. The Morgan fingerprint density at radius 2 is 1.56 bits per heavy atom. The van der Waals surface area contributed by atoms with Crippen molar-refractivity contribution >= 4 is 40.9 Å². The van der Waals surface area contributed by atoms with Crippen molar-refractivity contribution in [1.82, 2.24) is 9.91 Å². The molecule has 4 aromatic rings. The zero-order chi connectivity index (χ0) is 36.1. The molecule has 9 nitrogen and oxygen atoms in total. The highest BCUT2D eigenvalue weighted by Crippen LogP contribution is 2.65. The fourth-order valence-electron chi connectivity index (χ4n) is 8.99. The van der Waals surface area contributed by atoms with Crippen LogP contribution in [0.15, 0.2) is 115 Å². The van der Waals surface area contributed by atoms with Crippen LogP contribution in [0.25, 0.3) is 0 Å². The fourth-order valence-corrected chi connectivity index (χ4v) is 9.12. The van der Waals surface area contributed by atoms with Gasteiger partial charge in [0.2, 0.25) is 11.8 Å². The van der Waals surface area contributed by atoms with Crippen LogP contribution in [0.5, 0.6) is 5.75 Å². The number of hydrogen-bond donors (Lipinski definition) is 2. The number of anilines is 1. The van der Waals surface area contributed by atoms with E-state index in [0.717, 1.165) is 16.1 Å². The standard InChI is InChI=1S/C41H35ClFN3O6/c42-26-12-10-25(11-13-26)41-33(38(49)46(40(41)51)44-28-16-14-27(43)15-17-28)22-32-29(36(41)30-8-4-5-9-34(30)52-21-20-47)18-19-31-35(32)39(50)45(37(31)48)23-24-6-2-1-3-7-24/h1-18,31-33,35-36,44,47H,19-23H2/t31-,32+,33-,35-,36+,41+/m0/s1. The maximum absolute atomic E-state index is 15.3. The second-order valence-corrected chi connectivity index (χ2v) is 14.2. The lowest BCUT2D eigenvalue weighted by molar-refractivity contribution is -0.142. The number of aliphatic hydroxyl groups excluding tert-OH is 1. The molecule has 2 aliphatic carbocycles. The maximum Gasteiger partial charge on any atom is 0.260 e. The van der Waals surface area contributed by atoms with Crippen LogP contribution in [0.2, 0.25) is 5.02 Å². The molecule has 1 saturated carbocycles. The van der Waals surface area contributed by atoms with Gasteiger partial charge in [0, 0.05) is 16.5 Å². The number of carbonyl (C=O) groups is 4. The summed E-state index contributed by atoms with van der Waals surface area (Å²) in [5.41, 5.74) is 4.51. The Bertz CT molecular complexity index is 2090. The number of amides is 4. The summed E-state index contributed by atoms with van der Waals surface area (Å²) in [7, 11) is 0. The summed E-state index contributed by atoms with van der Waals surface area (Å²) in [6.07, 6.45) is 2.39. The van der Waals surface area contributed by atoms with E-state index in [9.17, 15) is 23.9 Å². The van der Waals surface area contributed by atoms with Crippen molar-refractivity contribution in [2.75, 3.05) is 18.6 Å². The van der Waals surface area contributed by atoms with Gasteiger partial charge in [0.05, 0.1) is 42.0 Å². The number of hydrazine groups is 1. The monoisotopic (exact) mass is 719 g/mol. The van der Waals surface area contributed by atoms with Crippen molar-refractivity contribution in [3.05, 3.63) is 142 Å². The summed E-state index contributed by atoms with van der Waals surface area (Å²) in [5, 5.41) is 11.2. The van der Waals surface area contributed by atoms with Crippen molar-refractivity contribution in [1.29, 1.82) is 0 Å². The summed E-state index contributed by atoms with van der Waals surface area (Å²) in [5.74, 6) is -5.37. The summed E-state index contributed by atoms with van der Waals surface area (Å²) >= 11 is 6.38. The van der Waals surface area contributed by atoms with Crippen molar-refractivity contribution in [2.24, 2.45) is 23.7 Å². The van der Waals surface area contributed by atoms with Crippen LogP contribution in [0, 0.1) is 29.5 Å². The summed E-state index contributed by atoms with van der Waals surface area (Å²) in [6.45, 7) is -0.125. The lowest BCUT2D eigenvalue weighted by Crippen LogP contribution is -2.53. The van der Waals surface area contributed by atoms with E-state index in [1.807, 2.05) is 48.5 Å². The van der Waals surface area contributed by atoms with Crippen molar-refractivity contribution in [2.45, 2.75) is 30.7 Å². The summed E-state index contributed by atoms with van der Waals surface area (Å²) in [6, 6.07) is 28.8. The molecule has 0 bridgehead atoms. The number of ether oxygens (including phenoxy) is 1. The minimum Gasteiger partial charge on any atom is -0.491 e. The molecule has 6 atom stereocenters. The average molecular weight is 720 g/mol. The quantitative estimate of drug-likeness (QED) is 0.160. The summed E-state index contributed by atoms with van der Waals surface area (Å²) in [4.78, 5) is 59.8. The number of carbonyl (C=O) groups excluding carboxylic acids is 4. The van der Waals surface area contributed by atoms with Crippen LogP contribution in [0.3, 0.4) is 0 Å². The van der Waals surface area contributed by atoms with Gasteiger partial charge < -0.3 is 9.84 Å². The molecule has 264 valence electrons. The second kappa shape index (κ2) is 13.3. The SMILES string of the molecule is O=C1[C@H]2[C@H](CC=C3[C@H]2C[C@H]2C(=O)N(Nc4ccc(F)cc4)C(=O)[C@@]2(c2ccc(Cl)cc2)[C@H]3c2ccccc2OCCO)C(=O)N1Cc1ccccc1. The number of allylic oxidation sites excluding steroid dienone is 2. The van der Waals surface area contributed by atoms with Gasteiger partial charge in [-0.1, -0.05) is 83.9 Å². The van der Waals surface area contributed by atoms with Gasteiger partial charge in [0.25, 0.3) is 11.8 Å². The normalized spacial score (nSPS) is 26.5. The molecule has 0 radical (unpaired) electrons. The zero-order valence-corrected chi connectivity index (χ0v) is 28.7. The molecule has 4 aliphatic rings. The number of imide groups is 2. The second-order valence-electron chi connectivity index (χ2n) is 13.7. The van der Waals surface area contributed by atoms with E-state index in [-0.39, 0.29) is 44.4 Å². The minimum atomic E-state index is -1.54. The highest BCUT2D eigenvalue weighted by Gasteiger charge is 2.70. The molecule has 0 spiro atoms. The molecule has 4 aromatic carbocycles. The van der Waals surface area contributed by atoms with Crippen molar-refractivity contribution in [3.63, 3.8) is 0 Å². The van der Waals surface area contributed by atoms with E-state index in [0.29, 0.717) is 27.6 Å². The summed E-state index contributed by atoms with van der Waals surface area (Å²) < 4.78 is 20.0. The van der Waals surface area contributed by atoms with Crippen LogP contribution in [0.1, 0.15) is 35.4 Å². The average Bonchev–Trinajstić information content (AvgIpc) is 3.53. The van der Waals surface area contributed by atoms with Crippen molar-refractivity contribution in [3.8, 4) is 5.75 Å². The van der Waals surface area contributed by atoms with Gasteiger partial charge in [-0.15, -0.1) is 0 Å². The smallest absolute Gasteiger partial charge is 0.260 e. The van der Waals surface area contributed by atoms with Crippen LogP contribution in [-0.4, -0.2) is 51.9 Å². The number of rotatable bonds is 9. The van der Waals surface area contributed by atoms with E-state index >= 15 is 4.79 Å². The molecular weight excluding hydrogens is 685 g/mol. The van der Waals surface area contributed by atoms with Gasteiger partial charge in [-0.3, -0.25) is 29.5 Å². The third-order valence-electron chi connectivity index (χ3n) is 11.1. The predicted octanol–water partition coefficient (Wildman–Crippen LogP) is 6.04. The molecule has 2 N–H and O–H groups in total. The third-order valence-corrected chi connectivity index (χ3v) is 11.4. The molecule has 8 rings (SSSR count). The fraction of sp³-hybridized carbons (Fsp3) is 0.268. The number of halogens is 2. The molecule has 3 fully saturated rings. The highest BCUT2D eigenvalue weighted by atomic mass is 35.5. The maximum atomic E-state index is 15.3. The van der Waals surface area contributed by atoms with E-state index in [1.165, 1.54) is 29.2 Å². The molecule has 52 heavy (non-hydrogen) atoms. The number of fused-ring (bicyclic) bond motifs is 4.